The first-order valence-electron chi connectivity index (χ1n) is 11.7. The molecule has 0 aliphatic carbocycles. The Morgan fingerprint density at radius 3 is 1.26 bits per heavy atom. The summed E-state index contributed by atoms with van der Waals surface area (Å²) in [7, 11) is 0. The average Bonchev–Trinajstić information content (AvgIpc) is 2.64. The van der Waals surface area contributed by atoms with Gasteiger partial charge in [0.15, 0.2) is 0 Å². The molecular weight excluding hydrogens is 343 g/mol. The summed E-state index contributed by atoms with van der Waals surface area (Å²) in [4.78, 5) is 22.0. The van der Waals surface area contributed by atoms with Gasteiger partial charge < -0.3 is 4.79 Å². The van der Waals surface area contributed by atoms with E-state index in [0.717, 1.165) is 32.1 Å². The summed E-state index contributed by atoms with van der Waals surface area (Å²) >= 11 is 0. The number of unbranched alkanes of at least 4 members (excludes halogenated alkanes) is 17. The predicted molar refractivity (Wildman–Crippen MR) is 113 cm³/mol. The number of carbonyl (C=O) groups excluding carboxylic acids is 2. The van der Waals surface area contributed by atoms with Crippen molar-refractivity contribution in [3.8, 4) is 0 Å². The van der Waals surface area contributed by atoms with E-state index in [2.05, 4.69) is 6.92 Å². The second-order valence-corrected chi connectivity index (χ2v) is 7.94. The number of carbonyl (C=O) groups is 1. The number of rotatable bonds is 22. The summed E-state index contributed by atoms with van der Waals surface area (Å²) in [6.07, 6.45) is 27.0. The maximum atomic E-state index is 11.9. The van der Waals surface area contributed by atoms with Crippen LogP contribution in [0.15, 0.2) is 0 Å². The third-order valence-electron chi connectivity index (χ3n) is 5.29. The van der Waals surface area contributed by atoms with Gasteiger partial charge in [-0.25, -0.2) is 0 Å². The Kier molecular flexibility index (Phi) is 28.8. The fourth-order valence-corrected chi connectivity index (χ4v) is 3.51. The van der Waals surface area contributed by atoms with Crippen molar-refractivity contribution in [2.24, 2.45) is 0 Å². The van der Waals surface area contributed by atoms with Crippen molar-refractivity contribution in [1.29, 1.82) is 0 Å². The fraction of sp³-hybridized carbons (Fsp3) is 0.917. The van der Waals surface area contributed by atoms with E-state index < -0.39 is 0 Å². The van der Waals surface area contributed by atoms with Gasteiger partial charge in [0.05, 0.1) is 0 Å². The van der Waals surface area contributed by atoms with Gasteiger partial charge in [0.25, 0.3) is 0 Å². The smallest absolute Gasteiger partial charge is 0.542 e. The average molecular weight is 389 g/mol. The second kappa shape index (κ2) is 26.3. The number of hydrogen-bond donors (Lipinski definition) is 0. The Bertz CT molecular complexity index is 305. The number of ketones is 1. The molecule has 154 valence electrons. The van der Waals surface area contributed by atoms with Crippen LogP contribution in [0.5, 0.6) is 0 Å². The molecule has 0 saturated heterocycles. The monoisotopic (exact) mass is 388 g/mol. The SMILES string of the molecule is CCCCCCCCCCCC(=O)CCCCCCCCCCC[C-]=O.[Na+]. The molecule has 0 atom stereocenters. The maximum Gasteiger partial charge on any atom is 1.00 e. The van der Waals surface area contributed by atoms with E-state index in [-0.39, 0.29) is 29.6 Å². The molecule has 3 heteroatoms. The molecule has 0 saturated carbocycles. The zero-order valence-electron chi connectivity index (χ0n) is 18.7. The molecule has 0 aromatic heterocycles. The molecule has 0 aromatic rings. The third-order valence-corrected chi connectivity index (χ3v) is 5.29. The zero-order chi connectivity index (χ0) is 19.1. The molecule has 0 radical (unpaired) electrons. The van der Waals surface area contributed by atoms with Gasteiger partial charge >= 0.3 is 29.6 Å². The molecule has 0 aliphatic rings. The van der Waals surface area contributed by atoms with Gasteiger partial charge in [-0.05, 0) is 12.8 Å². The van der Waals surface area contributed by atoms with Crippen LogP contribution >= 0.6 is 0 Å². The van der Waals surface area contributed by atoms with Crippen molar-refractivity contribution in [1.82, 2.24) is 0 Å². The van der Waals surface area contributed by atoms with Crippen LogP contribution < -0.4 is 29.6 Å². The van der Waals surface area contributed by atoms with E-state index >= 15 is 0 Å². The minimum Gasteiger partial charge on any atom is -0.542 e. The van der Waals surface area contributed by atoms with E-state index in [1.165, 1.54) is 96.3 Å². The molecule has 0 amide bonds. The quantitative estimate of drug-likeness (QED) is 0.150. The molecule has 0 N–H and O–H groups in total. The van der Waals surface area contributed by atoms with Gasteiger partial charge in [-0.15, -0.1) is 0 Å². The van der Waals surface area contributed by atoms with Crippen LogP contribution in [0.25, 0.3) is 0 Å². The van der Waals surface area contributed by atoms with Crippen molar-refractivity contribution < 1.29 is 39.1 Å². The summed E-state index contributed by atoms with van der Waals surface area (Å²) in [5, 5.41) is 0. The van der Waals surface area contributed by atoms with Crippen LogP contribution in [0, 0.1) is 0 Å². The molecule has 0 fully saturated rings. The second-order valence-electron chi connectivity index (χ2n) is 7.94. The summed E-state index contributed by atoms with van der Waals surface area (Å²) in [5.41, 5.74) is 0. The van der Waals surface area contributed by atoms with Crippen LogP contribution in [0.1, 0.15) is 142 Å². The van der Waals surface area contributed by atoms with Gasteiger partial charge in [0.1, 0.15) is 5.78 Å². The minimum absolute atomic E-state index is 0. The van der Waals surface area contributed by atoms with E-state index in [4.69, 9.17) is 0 Å². The molecular formula is C24H45NaO2. The predicted octanol–water partition coefficient (Wildman–Crippen LogP) is 4.88. The molecule has 0 aliphatic heterocycles. The van der Waals surface area contributed by atoms with Crippen molar-refractivity contribution in [2.75, 3.05) is 0 Å². The van der Waals surface area contributed by atoms with Gasteiger partial charge in [-0.2, -0.15) is 6.42 Å². The summed E-state index contributed by atoms with van der Waals surface area (Å²) < 4.78 is 0. The molecule has 0 spiro atoms. The van der Waals surface area contributed by atoms with Crippen molar-refractivity contribution in [2.45, 2.75) is 142 Å². The van der Waals surface area contributed by atoms with Crippen molar-refractivity contribution in [3.63, 3.8) is 0 Å². The number of Topliss-reactive ketones (excluding diaryl/α,β-unsaturated/α-hetero) is 1. The topological polar surface area (TPSA) is 34.1 Å². The Hall–Kier alpha value is 0.340. The Morgan fingerprint density at radius 2 is 0.889 bits per heavy atom. The van der Waals surface area contributed by atoms with E-state index in [9.17, 15) is 9.59 Å². The van der Waals surface area contributed by atoms with Gasteiger partial charge in [-0.1, -0.05) is 110 Å². The van der Waals surface area contributed by atoms with Crippen LogP contribution in [0.3, 0.4) is 0 Å². The van der Waals surface area contributed by atoms with Gasteiger partial charge in [0.2, 0.25) is 0 Å². The zero-order valence-corrected chi connectivity index (χ0v) is 20.7. The van der Waals surface area contributed by atoms with Crippen LogP contribution in [-0.2, 0) is 9.59 Å². The first-order chi connectivity index (χ1) is 12.8. The summed E-state index contributed by atoms with van der Waals surface area (Å²) in [5.74, 6) is 0.486. The van der Waals surface area contributed by atoms with Gasteiger partial charge in [-0.3, -0.25) is 11.1 Å². The first-order valence-corrected chi connectivity index (χ1v) is 11.7. The maximum absolute atomic E-state index is 11.9. The molecule has 0 heterocycles. The standard InChI is InChI=1S/C24H45O2.Na/c1-2-3-4-5-6-9-12-15-18-21-24(26)22-19-16-13-10-7-8-11-14-17-20-23-25;/h2-22H2,1H3;/q-1;+1. The minimum atomic E-state index is 0. The van der Waals surface area contributed by atoms with Crippen molar-refractivity contribution >= 4 is 12.1 Å². The van der Waals surface area contributed by atoms with Crippen LogP contribution in [0.2, 0.25) is 0 Å². The fourth-order valence-electron chi connectivity index (χ4n) is 3.51. The van der Waals surface area contributed by atoms with E-state index in [1.807, 2.05) is 6.29 Å². The molecule has 2 nitrogen and oxygen atoms in total. The molecule has 0 aromatic carbocycles. The van der Waals surface area contributed by atoms with Crippen LogP contribution in [-0.4, -0.2) is 12.1 Å². The molecule has 0 rings (SSSR count). The first kappa shape index (κ1) is 29.5. The summed E-state index contributed by atoms with van der Waals surface area (Å²) in [6.45, 7) is 2.26. The van der Waals surface area contributed by atoms with Crippen molar-refractivity contribution in [3.05, 3.63) is 0 Å². The normalized spacial score (nSPS) is 10.6. The van der Waals surface area contributed by atoms with E-state index in [0.29, 0.717) is 12.2 Å². The molecule has 27 heavy (non-hydrogen) atoms. The molecule has 0 bridgehead atoms. The van der Waals surface area contributed by atoms with E-state index in [1.54, 1.807) is 0 Å². The van der Waals surface area contributed by atoms with Crippen LogP contribution in [0.4, 0.5) is 0 Å². The number of hydrogen-bond acceptors (Lipinski definition) is 2. The Balaban J connectivity index is 0. The van der Waals surface area contributed by atoms with Gasteiger partial charge in [0, 0.05) is 12.8 Å². The Morgan fingerprint density at radius 1 is 0.556 bits per heavy atom. The largest absolute Gasteiger partial charge is 1.00 e. The third kappa shape index (κ3) is 26.3. The molecule has 0 unspecified atom stereocenters. The summed E-state index contributed by atoms with van der Waals surface area (Å²) in [6, 6.07) is 0. The Labute approximate surface area is 192 Å².